The van der Waals surface area contributed by atoms with Gasteiger partial charge in [-0.05, 0) is 93.8 Å². The Bertz CT molecular complexity index is 3330. The summed E-state index contributed by atoms with van der Waals surface area (Å²) in [6.45, 7) is -0.0696. The molecule has 0 saturated carbocycles. The van der Waals surface area contributed by atoms with Crippen molar-refractivity contribution in [1.29, 1.82) is 0 Å². The lowest BCUT2D eigenvalue weighted by Crippen LogP contribution is -2.65. The van der Waals surface area contributed by atoms with E-state index in [4.69, 9.17) is 9.97 Å². The van der Waals surface area contributed by atoms with Crippen LogP contribution in [0.2, 0.25) is 0 Å². The maximum absolute atomic E-state index is 5.05. The molecule has 63 heavy (non-hydrogen) atoms. The fourth-order valence-electron chi connectivity index (χ4n) is 11.0. The molecule has 1 aromatic heterocycles. The molecule has 0 saturated heterocycles. The first-order chi connectivity index (χ1) is 31.3. The third-order valence-corrected chi connectivity index (χ3v) is 13.4. The first-order valence-electron chi connectivity index (χ1n) is 21.6. The molecule has 0 N–H and O–H groups in total. The highest BCUT2D eigenvalue weighted by Gasteiger charge is 2.53. The highest BCUT2D eigenvalue weighted by atomic mass is 15.3. The van der Waals surface area contributed by atoms with Gasteiger partial charge in [0.25, 0.3) is 0 Å². The number of fused-ring (bicyclic) bond motifs is 8. The van der Waals surface area contributed by atoms with E-state index >= 15 is 0 Å². The van der Waals surface area contributed by atoms with Crippen LogP contribution in [0.4, 0.5) is 51.2 Å². The number of nitrogens with zero attached hydrogens (tertiary/aromatic N) is 5. The summed E-state index contributed by atoms with van der Waals surface area (Å²) in [7, 11) is 0. The first-order valence-corrected chi connectivity index (χ1v) is 21.6. The van der Waals surface area contributed by atoms with E-state index in [0.717, 1.165) is 62.2 Å². The number of anilines is 9. The summed E-state index contributed by atoms with van der Waals surface area (Å²) in [5.41, 5.74) is 19.6. The van der Waals surface area contributed by atoms with E-state index in [1.807, 2.05) is 0 Å². The van der Waals surface area contributed by atoms with Crippen LogP contribution >= 0.6 is 0 Å². The van der Waals surface area contributed by atoms with Crippen molar-refractivity contribution in [2.24, 2.45) is 0 Å². The van der Waals surface area contributed by atoms with Crippen molar-refractivity contribution in [3.63, 3.8) is 0 Å². The molecule has 6 heteroatoms. The normalized spacial score (nSPS) is 14.0. The van der Waals surface area contributed by atoms with Crippen LogP contribution in [-0.4, -0.2) is 16.7 Å². The Morgan fingerprint density at radius 2 is 0.873 bits per heavy atom. The zero-order valence-corrected chi connectivity index (χ0v) is 34.3. The Balaban J connectivity index is 1.30. The lowest BCUT2D eigenvalue weighted by Gasteiger charge is -2.51. The topological polar surface area (TPSA) is 35.5 Å². The molecule has 10 aromatic rings. The van der Waals surface area contributed by atoms with Crippen molar-refractivity contribution < 1.29 is 0 Å². The molecule has 0 atom stereocenters. The Morgan fingerprint density at radius 1 is 0.365 bits per heavy atom. The summed E-state index contributed by atoms with van der Waals surface area (Å²) in [6, 6.07) is 80.1. The Labute approximate surface area is 366 Å². The molecule has 0 radical (unpaired) electrons. The smallest absolute Gasteiger partial charge is 0.247 e. The number of hydrogen-bond acceptors (Lipinski definition) is 5. The minimum Gasteiger partial charge on any atom is -0.309 e. The molecular weight excluding hydrogens is 765 g/mol. The second kappa shape index (κ2) is 13.9. The highest BCUT2D eigenvalue weighted by molar-refractivity contribution is 6.99. The molecule has 0 unspecified atom stereocenters. The van der Waals surface area contributed by atoms with Crippen molar-refractivity contribution in [2.45, 2.75) is 5.41 Å². The van der Waals surface area contributed by atoms with E-state index in [-0.39, 0.29) is 6.71 Å². The van der Waals surface area contributed by atoms with Gasteiger partial charge >= 0.3 is 0 Å². The Kier molecular flexibility index (Phi) is 7.85. The van der Waals surface area contributed by atoms with Crippen LogP contribution in [0.15, 0.2) is 231 Å². The number of para-hydroxylation sites is 6. The average molecular weight is 804 g/mol. The van der Waals surface area contributed by atoms with Crippen LogP contribution in [0.1, 0.15) is 22.3 Å². The van der Waals surface area contributed by atoms with Gasteiger partial charge in [0.2, 0.25) is 6.71 Å². The van der Waals surface area contributed by atoms with Gasteiger partial charge in [-0.3, -0.25) is 9.97 Å². The van der Waals surface area contributed by atoms with Gasteiger partial charge in [0.05, 0.1) is 45.1 Å². The van der Waals surface area contributed by atoms with E-state index in [2.05, 4.69) is 233 Å². The van der Waals surface area contributed by atoms with Crippen molar-refractivity contribution in [2.75, 3.05) is 14.7 Å². The van der Waals surface area contributed by atoms with Crippen molar-refractivity contribution in [3.05, 3.63) is 253 Å². The van der Waals surface area contributed by atoms with E-state index in [9.17, 15) is 0 Å². The summed E-state index contributed by atoms with van der Waals surface area (Å²) in [4.78, 5) is 17.4. The molecule has 0 amide bonds. The van der Waals surface area contributed by atoms with Crippen molar-refractivity contribution in [3.8, 4) is 0 Å². The number of rotatable bonds is 5. The van der Waals surface area contributed by atoms with Crippen LogP contribution < -0.4 is 31.1 Å². The summed E-state index contributed by atoms with van der Waals surface area (Å²) in [6.07, 6.45) is 3.59. The minimum absolute atomic E-state index is 0.0696. The minimum atomic E-state index is -0.706. The maximum atomic E-state index is 5.05. The third kappa shape index (κ3) is 5.00. The zero-order valence-electron chi connectivity index (χ0n) is 34.3. The van der Waals surface area contributed by atoms with E-state index in [1.165, 1.54) is 38.6 Å². The standard InChI is InChI=1S/C57H38BN5/c1-5-20-39(21-6-1)57(40-22-7-2-8-23-40)43-28-13-14-29-45(43)58-46-30-15-16-32-48(46)61(41-24-9-3-10-25-41)56-53(58)44(57)38-52-55(56)62(42-26-11-4-12-27-42)49-33-17-18-34-50(49)63(52)51-35-19-31-47-54(51)60-37-36-59-47/h1-38H. The van der Waals surface area contributed by atoms with Crippen molar-refractivity contribution in [1.82, 2.24) is 9.97 Å². The quantitative estimate of drug-likeness (QED) is 0.162. The summed E-state index contributed by atoms with van der Waals surface area (Å²) >= 11 is 0. The van der Waals surface area contributed by atoms with Gasteiger partial charge in [-0.25, -0.2) is 0 Å². The second-order valence-electron chi connectivity index (χ2n) is 16.5. The van der Waals surface area contributed by atoms with Crippen molar-refractivity contribution >= 4 is 85.3 Å². The van der Waals surface area contributed by atoms with Crippen LogP contribution in [0, 0.1) is 0 Å². The molecule has 0 bridgehead atoms. The predicted octanol–water partition coefficient (Wildman–Crippen LogP) is 11.9. The van der Waals surface area contributed by atoms with Gasteiger partial charge in [0.1, 0.15) is 5.52 Å². The summed E-state index contributed by atoms with van der Waals surface area (Å²) < 4.78 is 0. The monoisotopic (exact) mass is 803 g/mol. The molecule has 5 nitrogen and oxygen atoms in total. The third-order valence-electron chi connectivity index (χ3n) is 13.4. The SMILES string of the molecule is c1ccc(N2c3ccccc3N(c3cccc4nccnc34)c3cc4c5c(c32)N(c2ccccc2)c2ccccc2B5c2ccccc2C4(c2ccccc2)c2ccccc2)cc1. The van der Waals surface area contributed by atoms with Gasteiger partial charge < -0.3 is 14.7 Å². The molecule has 9 aromatic carbocycles. The molecule has 3 aliphatic heterocycles. The molecule has 0 fully saturated rings. The van der Waals surface area contributed by atoms with E-state index < -0.39 is 5.41 Å². The number of benzene rings is 9. The van der Waals surface area contributed by atoms with Gasteiger partial charge in [-0.2, -0.15) is 0 Å². The molecule has 13 rings (SSSR count). The fraction of sp³-hybridized carbons (Fsp3) is 0.0175. The van der Waals surface area contributed by atoms with Gasteiger partial charge in [0.15, 0.2) is 0 Å². The van der Waals surface area contributed by atoms with Crippen LogP contribution in [0.5, 0.6) is 0 Å². The van der Waals surface area contributed by atoms with E-state index in [0.29, 0.717) is 0 Å². The molecule has 294 valence electrons. The predicted molar refractivity (Wildman–Crippen MR) is 260 cm³/mol. The molecule has 0 spiro atoms. The lowest BCUT2D eigenvalue weighted by atomic mass is 9.29. The second-order valence-corrected chi connectivity index (χ2v) is 16.5. The van der Waals surface area contributed by atoms with Crippen LogP contribution in [0.3, 0.4) is 0 Å². The largest absolute Gasteiger partial charge is 0.309 e. The van der Waals surface area contributed by atoms with Gasteiger partial charge in [-0.15, -0.1) is 0 Å². The van der Waals surface area contributed by atoms with Gasteiger partial charge in [0, 0.05) is 29.5 Å². The van der Waals surface area contributed by atoms with Crippen LogP contribution in [0.25, 0.3) is 11.0 Å². The number of hydrogen-bond donors (Lipinski definition) is 0. The Morgan fingerprint density at radius 3 is 1.54 bits per heavy atom. The molecule has 4 heterocycles. The molecular formula is C57H38BN5. The maximum Gasteiger partial charge on any atom is 0.247 e. The summed E-state index contributed by atoms with van der Waals surface area (Å²) in [5, 5.41) is 0. The molecule has 3 aliphatic rings. The zero-order chi connectivity index (χ0) is 41.5. The summed E-state index contributed by atoms with van der Waals surface area (Å²) in [5.74, 6) is 0. The first kappa shape index (κ1) is 35.5. The van der Waals surface area contributed by atoms with Gasteiger partial charge in [-0.1, -0.05) is 163 Å². The Hall–Kier alpha value is -8.22. The fourth-order valence-corrected chi connectivity index (χ4v) is 11.0. The number of aromatic nitrogens is 2. The average Bonchev–Trinajstić information content (AvgIpc) is 3.36. The molecule has 0 aliphatic carbocycles. The van der Waals surface area contributed by atoms with E-state index in [1.54, 1.807) is 12.4 Å². The lowest BCUT2D eigenvalue weighted by molar-refractivity contribution is 0.750. The van der Waals surface area contributed by atoms with Crippen LogP contribution in [-0.2, 0) is 5.41 Å². The highest BCUT2D eigenvalue weighted by Crippen LogP contribution is 2.62.